The van der Waals surface area contributed by atoms with E-state index < -0.39 is 36.1 Å². The minimum Gasteiger partial charge on any atom is -0.453 e. The highest BCUT2D eigenvalue weighted by Gasteiger charge is 2.37. The van der Waals surface area contributed by atoms with Crippen molar-refractivity contribution in [2.24, 2.45) is 5.41 Å². The van der Waals surface area contributed by atoms with E-state index in [4.69, 9.17) is 4.74 Å². The number of fused-ring (bicyclic) bond motifs is 1. The lowest BCUT2D eigenvalue weighted by Gasteiger charge is -2.29. The van der Waals surface area contributed by atoms with E-state index in [1.807, 2.05) is 13.0 Å². The minimum absolute atomic E-state index is 0.0318. The molecular formula is C29H36F6N2O2. The molecule has 1 aliphatic carbocycles. The molecule has 1 aliphatic rings. The van der Waals surface area contributed by atoms with Gasteiger partial charge in [0.1, 0.15) is 0 Å². The Balaban J connectivity index is 2.06. The van der Waals surface area contributed by atoms with E-state index in [0.717, 1.165) is 61.1 Å². The molecule has 10 heteroatoms. The van der Waals surface area contributed by atoms with Gasteiger partial charge in [-0.1, -0.05) is 33.3 Å². The van der Waals surface area contributed by atoms with E-state index in [0.29, 0.717) is 18.7 Å². The summed E-state index contributed by atoms with van der Waals surface area (Å²) in [5.41, 5.74) is 0.967. The molecule has 3 rings (SSSR count). The van der Waals surface area contributed by atoms with Crippen molar-refractivity contribution < 1.29 is 35.9 Å². The summed E-state index contributed by atoms with van der Waals surface area (Å²) < 4.78 is 85.5. The number of benzene rings is 2. The number of methoxy groups -OCH3 is 1. The molecule has 4 nitrogen and oxygen atoms in total. The summed E-state index contributed by atoms with van der Waals surface area (Å²) in [4.78, 5) is 16.1. The normalized spacial score (nSPS) is 14.7. The van der Waals surface area contributed by atoms with Crippen molar-refractivity contribution in [2.75, 3.05) is 25.1 Å². The highest BCUT2D eigenvalue weighted by Crippen LogP contribution is 2.40. The summed E-state index contributed by atoms with van der Waals surface area (Å²) in [5, 5.41) is 0. The number of anilines is 1. The predicted molar refractivity (Wildman–Crippen MR) is 139 cm³/mol. The second kappa shape index (κ2) is 11.7. The Morgan fingerprint density at radius 1 is 0.897 bits per heavy atom. The molecule has 1 amide bonds. The zero-order valence-corrected chi connectivity index (χ0v) is 23.0. The molecule has 0 saturated heterocycles. The van der Waals surface area contributed by atoms with E-state index in [1.165, 1.54) is 5.56 Å². The maximum absolute atomic E-state index is 13.4. The van der Waals surface area contributed by atoms with Gasteiger partial charge >= 0.3 is 18.4 Å². The summed E-state index contributed by atoms with van der Waals surface area (Å²) in [6.45, 7) is 9.43. The van der Waals surface area contributed by atoms with Gasteiger partial charge in [0, 0.05) is 25.3 Å². The van der Waals surface area contributed by atoms with Gasteiger partial charge in [0.05, 0.1) is 24.8 Å². The van der Waals surface area contributed by atoms with Crippen molar-refractivity contribution in [3.63, 3.8) is 0 Å². The number of rotatable bonds is 9. The van der Waals surface area contributed by atoms with Crippen LogP contribution in [0.4, 0.5) is 36.8 Å². The van der Waals surface area contributed by atoms with Crippen molar-refractivity contribution in [3.05, 3.63) is 63.7 Å². The molecule has 0 aromatic heterocycles. The van der Waals surface area contributed by atoms with Crippen molar-refractivity contribution in [2.45, 2.75) is 78.8 Å². The van der Waals surface area contributed by atoms with Gasteiger partial charge in [0.2, 0.25) is 0 Å². The van der Waals surface area contributed by atoms with Gasteiger partial charge in [-0.2, -0.15) is 26.3 Å². The molecule has 2 aromatic carbocycles. The third kappa shape index (κ3) is 7.60. The molecule has 0 unspecified atom stereocenters. The van der Waals surface area contributed by atoms with Crippen LogP contribution in [-0.4, -0.2) is 31.2 Å². The maximum atomic E-state index is 13.4. The van der Waals surface area contributed by atoms with E-state index in [1.54, 1.807) is 0 Å². The molecule has 0 bridgehead atoms. The smallest absolute Gasteiger partial charge is 0.416 e. The largest absolute Gasteiger partial charge is 0.453 e. The lowest BCUT2D eigenvalue weighted by Crippen LogP contribution is -2.32. The van der Waals surface area contributed by atoms with Crippen molar-refractivity contribution >= 4 is 11.8 Å². The van der Waals surface area contributed by atoms with Gasteiger partial charge in [0.15, 0.2) is 0 Å². The summed E-state index contributed by atoms with van der Waals surface area (Å²) in [7, 11) is 1.13. The van der Waals surface area contributed by atoms with Crippen molar-refractivity contribution in [1.29, 1.82) is 0 Å². The fourth-order valence-electron chi connectivity index (χ4n) is 5.22. The van der Waals surface area contributed by atoms with Crippen LogP contribution in [-0.2, 0) is 43.0 Å². The van der Waals surface area contributed by atoms with E-state index in [-0.39, 0.29) is 23.6 Å². The summed E-state index contributed by atoms with van der Waals surface area (Å²) in [5.74, 6) is 0. The highest BCUT2D eigenvalue weighted by atomic mass is 19.4. The SMILES string of the molecule is CCCCN(CC)c1cc2c(cc1CN(Cc1cc(C(F)(F)F)cc(C(F)(F)F)c1)C(=O)OC)CC(C)(C)C2. The summed E-state index contributed by atoms with van der Waals surface area (Å²) in [6.07, 6.45) is -7.15. The maximum Gasteiger partial charge on any atom is 0.416 e. The van der Waals surface area contributed by atoms with Gasteiger partial charge in [-0.15, -0.1) is 0 Å². The number of carbonyl (C=O) groups is 1. The lowest BCUT2D eigenvalue weighted by molar-refractivity contribution is -0.143. The molecule has 0 fully saturated rings. The van der Waals surface area contributed by atoms with Gasteiger partial charge in [-0.25, -0.2) is 4.79 Å². The number of nitrogens with zero attached hydrogens (tertiary/aromatic N) is 2. The van der Waals surface area contributed by atoms with Crippen molar-refractivity contribution in [3.8, 4) is 0 Å². The van der Waals surface area contributed by atoms with Crippen LogP contribution in [0.2, 0.25) is 0 Å². The standard InChI is InChI=1S/C29H36F6N2O2/c1-6-8-9-36(7-2)25-13-21-16-27(3,4)15-20(21)12-22(25)18-37(26(38)39-5)17-19-10-23(28(30,31)32)14-24(11-19)29(33,34)35/h10-14H,6-9,15-18H2,1-5H3. The molecule has 0 radical (unpaired) electrons. The Morgan fingerprint density at radius 3 is 1.95 bits per heavy atom. The predicted octanol–water partition coefficient (Wildman–Crippen LogP) is 8.24. The zero-order valence-electron chi connectivity index (χ0n) is 23.0. The lowest BCUT2D eigenvalue weighted by atomic mass is 9.90. The average Bonchev–Trinajstić information content (AvgIpc) is 3.14. The number of ether oxygens (including phenoxy) is 1. The van der Waals surface area contributed by atoms with Crippen LogP contribution >= 0.6 is 0 Å². The molecule has 0 N–H and O–H groups in total. The first-order valence-electron chi connectivity index (χ1n) is 13.1. The molecule has 0 atom stereocenters. The van der Waals surface area contributed by atoms with Crippen LogP contribution in [0.1, 0.15) is 73.9 Å². The number of carbonyl (C=O) groups excluding carboxylic acids is 1. The van der Waals surface area contributed by atoms with Crippen LogP contribution in [0.25, 0.3) is 0 Å². The number of halogens is 6. The first-order valence-corrected chi connectivity index (χ1v) is 13.1. The van der Waals surface area contributed by atoms with Gasteiger partial charge in [-0.05, 0) is 78.1 Å². The average molecular weight is 559 g/mol. The number of amides is 1. The third-order valence-corrected chi connectivity index (χ3v) is 7.06. The van der Waals surface area contributed by atoms with Crippen molar-refractivity contribution in [1.82, 2.24) is 4.90 Å². The molecule has 2 aromatic rings. The molecule has 0 spiro atoms. The second-order valence-electron chi connectivity index (χ2n) is 10.9. The zero-order chi connectivity index (χ0) is 29.2. The van der Waals surface area contributed by atoms with E-state index in [2.05, 4.69) is 31.7 Å². The van der Waals surface area contributed by atoms with Gasteiger partial charge < -0.3 is 9.64 Å². The quantitative estimate of drug-likeness (QED) is 0.291. The number of hydrogen-bond acceptors (Lipinski definition) is 3. The fourth-order valence-corrected chi connectivity index (χ4v) is 5.22. The van der Waals surface area contributed by atoms with Crippen LogP contribution in [0.15, 0.2) is 30.3 Å². The molecule has 0 aliphatic heterocycles. The molecule has 216 valence electrons. The molecule has 39 heavy (non-hydrogen) atoms. The summed E-state index contributed by atoms with van der Waals surface area (Å²) in [6, 6.07) is 5.53. The topological polar surface area (TPSA) is 32.8 Å². The third-order valence-electron chi connectivity index (χ3n) is 7.06. The monoisotopic (exact) mass is 558 g/mol. The van der Waals surface area contributed by atoms with Gasteiger partial charge in [0.25, 0.3) is 0 Å². The Labute approximate surface area is 225 Å². The Kier molecular flexibility index (Phi) is 9.17. The first-order chi connectivity index (χ1) is 18.1. The molecule has 0 saturated carbocycles. The van der Waals surface area contributed by atoms with Crippen LogP contribution in [0, 0.1) is 5.41 Å². The van der Waals surface area contributed by atoms with Crippen LogP contribution < -0.4 is 4.90 Å². The summed E-state index contributed by atoms with van der Waals surface area (Å²) >= 11 is 0. The minimum atomic E-state index is -4.98. The fraction of sp³-hybridized carbons (Fsp3) is 0.552. The van der Waals surface area contributed by atoms with Crippen LogP contribution in [0.5, 0.6) is 0 Å². The Morgan fingerprint density at radius 2 is 1.46 bits per heavy atom. The highest BCUT2D eigenvalue weighted by molar-refractivity contribution is 5.69. The molecular weight excluding hydrogens is 522 g/mol. The Hall–Kier alpha value is -2.91. The molecule has 0 heterocycles. The first kappa shape index (κ1) is 30.6. The van der Waals surface area contributed by atoms with Gasteiger partial charge in [-0.3, -0.25) is 4.90 Å². The van der Waals surface area contributed by atoms with Crippen LogP contribution in [0.3, 0.4) is 0 Å². The van der Waals surface area contributed by atoms with E-state index >= 15 is 0 Å². The number of unbranched alkanes of at least 4 members (excludes halogenated alkanes) is 1. The van der Waals surface area contributed by atoms with E-state index in [9.17, 15) is 31.1 Å². The second-order valence-corrected chi connectivity index (χ2v) is 10.9. The Bertz CT molecular complexity index is 1140. The number of alkyl halides is 6. The number of hydrogen-bond donors (Lipinski definition) is 0.